The number of benzene rings is 3. The largest absolute Gasteiger partial charge is 0.495 e. The van der Waals surface area contributed by atoms with Crippen molar-refractivity contribution >= 4 is 51.9 Å². The lowest BCUT2D eigenvalue weighted by Crippen LogP contribution is -2.42. The van der Waals surface area contributed by atoms with Gasteiger partial charge in [0.05, 0.1) is 30.7 Å². The quantitative estimate of drug-likeness (QED) is 0.446. The number of nitrogens with one attached hydrogen (secondary N) is 2. The summed E-state index contributed by atoms with van der Waals surface area (Å²) < 4.78 is 18.4. The summed E-state index contributed by atoms with van der Waals surface area (Å²) in [7, 11) is 1.52. The summed E-state index contributed by atoms with van der Waals surface area (Å²) >= 11 is 1.10. The molecule has 0 saturated heterocycles. The van der Waals surface area contributed by atoms with Gasteiger partial charge in [-0.15, -0.1) is 0 Å². The number of ether oxygens (including phenoxy) is 1. The number of rotatable bonds is 8. The Bertz CT molecular complexity index is 1490. The monoisotopic (exact) mass is 545 g/mol. The molecule has 2 heterocycles. The summed E-state index contributed by atoms with van der Waals surface area (Å²) in [6.45, 7) is 0.201. The Balaban J connectivity index is 1.28. The number of methoxy groups -OCH3 is 1. The van der Waals surface area contributed by atoms with Crippen LogP contribution in [0.4, 0.5) is 15.8 Å². The van der Waals surface area contributed by atoms with Gasteiger partial charge in [-0.2, -0.15) is 0 Å². The van der Waals surface area contributed by atoms with Crippen molar-refractivity contribution in [2.45, 2.75) is 19.0 Å². The van der Waals surface area contributed by atoms with E-state index in [2.05, 4.69) is 20.6 Å². The molecule has 2 aliphatic rings. The van der Waals surface area contributed by atoms with Gasteiger partial charge in [0.2, 0.25) is 11.8 Å². The number of nitrogens with zero attached hydrogens (tertiary/aromatic N) is 3. The van der Waals surface area contributed by atoms with Crippen LogP contribution < -0.4 is 15.4 Å². The molecule has 0 aromatic heterocycles. The lowest BCUT2D eigenvalue weighted by Gasteiger charge is -2.25. The Morgan fingerprint density at radius 3 is 2.56 bits per heavy atom. The second kappa shape index (κ2) is 11.5. The lowest BCUT2D eigenvalue weighted by molar-refractivity contribution is -0.128. The van der Waals surface area contributed by atoms with Crippen molar-refractivity contribution < 1.29 is 23.5 Å². The molecule has 2 aliphatic heterocycles. The number of halogens is 1. The van der Waals surface area contributed by atoms with Crippen LogP contribution in [-0.2, 0) is 20.9 Å². The number of carbonyl (C=O) groups is 3. The minimum atomic E-state index is -0.937. The topological polar surface area (TPSA) is 112 Å². The fraction of sp³-hybridized carbons (Fsp3) is 0.179. The molecule has 3 aromatic rings. The average molecular weight is 546 g/mol. The summed E-state index contributed by atoms with van der Waals surface area (Å²) in [5, 5.41) is 5.87. The highest BCUT2D eigenvalue weighted by molar-refractivity contribution is 8.14. The van der Waals surface area contributed by atoms with Crippen LogP contribution in [0.3, 0.4) is 0 Å². The lowest BCUT2D eigenvalue weighted by atomic mass is 10.1. The van der Waals surface area contributed by atoms with E-state index in [4.69, 9.17) is 4.74 Å². The van der Waals surface area contributed by atoms with E-state index >= 15 is 0 Å². The maximum atomic E-state index is 13.4. The van der Waals surface area contributed by atoms with Crippen LogP contribution in [0.15, 0.2) is 82.8 Å². The number of hydrogen-bond acceptors (Lipinski definition) is 7. The Kier molecular flexibility index (Phi) is 7.69. The molecule has 2 N–H and O–H groups in total. The smallest absolute Gasteiger partial charge is 0.259 e. The molecular weight excluding hydrogens is 521 g/mol. The number of anilines is 1. The number of amides is 3. The second-order valence-electron chi connectivity index (χ2n) is 8.70. The molecule has 0 fully saturated rings. The van der Waals surface area contributed by atoms with Gasteiger partial charge >= 0.3 is 0 Å². The SMILES string of the molecule is COc1ccccc1NC(=O)CSC1=Nc2ccccc2C2=N[C@H](CC(=O)NCc3ccc(F)cc3)C(=O)N12. The van der Waals surface area contributed by atoms with Gasteiger partial charge < -0.3 is 15.4 Å². The van der Waals surface area contributed by atoms with Crippen LogP contribution in [0.2, 0.25) is 0 Å². The number of thioether (sulfide) groups is 1. The van der Waals surface area contributed by atoms with Crippen molar-refractivity contribution in [3.63, 3.8) is 0 Å². The zero-order valence-corrected chi connectivity index (χ0v) is 21.7. The summed E-state index contributed by atoms with van der Waals surface area (Å²) in [4.78, 5) is 49.3. The van der Waals surface area contributed by atoms with E-state index in [1.165, 1.54) is 24.1 Å². The van der Waals surface area contributed by atoms with Gasteiger partial charge in [-0.3, -0.25) is 19.4 Å². The van der Waals surface area contributed by atoms with Crippen molar-refractivity contribution in [1.29, 1.82) is 0 Å². The van der Waals surface area contributed by atoms with Crippen molar-refractivity contribution in [3.8, 4) is 5.75 Å². The third-order valence-electron chi connectivity index (χ3n) is 6.04. The van der Waals surface area contributed by atoms with Crippen molar-refractivity contribution in [1.82, 2.24) is 10.2 Å². The zero-order chi connectivity index (χ0) is 27.4. The minimum Gasteiger partial charge on any atom is -0.495 e. The Morgan fingerprint density at radius 1 is 1.03 bits per heavy atom. The Hall–Kier alpha value is -4.51. The van der Waals surface area contributed by atoms with E-state index in [9.17, 15) is 18.8 Å². The predicted molar refractivity (Wildman–Crippen MR) is 148 cm³/mol. The van der Waals surface area contributed by atoms with E-state index in [1.807, 2.05) is 18.2 Å². The van der Waals surface area contributed by atoms with Gasteiger partial charge in [0.15, 0.2) is 5.17 Å². The molecule has 11 heteroatoms. The average Bonchev–Trinajstić information content (AvgIpc) is 3.27. The van der Waals surface area contributed by atoms with Gasteiger partial charge in [0.1, 0.15) is 23.4 Å². The normalized spacial score (nSPS) is 15.6. The van der Waals surface area contributed by atoms with E-state index in [-0.39, 0.29) is 36.4 Å². The molecule has 39 heavy (non-hydrogen) atoms. The number of para-hydroxylation sites is 3. The molecule has 0 saturated carbocycles. The predicted octanol–water partition coefficient (Wildman–Crippen LogP) is 3.87. The molecule has 0 aliphatic carbocycles. The first-order chi connectivity index (χ1) is 18.9. The highest BCUT2D eigenvalue weighted by Crippen LogP contribution is 2.34. The van der Waals surface area contributed by atoms with Gasteiger partial charge in [-0.25, -0.2) is 14.3 Å². The third-order valence-corrected chi connectivity index (χ3v) is 6.98. The fourth-order valence-electron chi connectivity index (χ4n) is 4.15. The number of aliphatic imine (C=N–C) groups is 2. The summed E-state index contributed by atoms with van der Waals surface area (Å²) in [5.41, 5.74) is 2.56. The molecule has 3 amide bonds. The first-order valence-electron chi connectivity index (χ1n) is 12.1. The van der Waals surface area contributed by atoms with Gasteiger partial charge in [0, 0.05) is 12.1 Å². The molecule has 198 valence electrons. The van der Waals surface area contributed by atoms with Crippen LogP contribution in [0, 0.1) is 5.82 Å². The summed E-state index contributed by atoms with van der Waals surface area (Å²) in [6, 6.07) is 19.2. The molecule has 0 spiro atoms. The first-order valence-corrected chi connectivity index (χ1v) is 13.1. The highest BCUT2D eigenvalue weighted by Gasteiger charge is 2.42. The van der Waals surface area contributed by atoms with Crippen molar-refractivity contribution in [2.75, 3.05) is 18.2 Å². The van der Waals surface area contributed by atoms with E-state index in [1.54, 1.807) is 42.5 Å². The molecule has 9 nitrogen and oxygen atoms in total. The maximum Gasteiger partial charge on any atom is 0.259 e. The number of hydrogen-bond donors (Lipinski definition) is 2. The second-order valence-corrected chi connectivity index (χ2v) is 9.64. The van der Waals surface area contributed by atoms with E-state index in [0.717, 1.165) is 17.3 Å². The molecular formula is C28H24FN5O4S. The standard InChI is InChI=1S/C28H24FN5O4S/c1-38-23-9-5-4-8-21(23)31-25(36)16-39-28-33-20-7-3-2-6-19(20)26-32-22(27(37)34(26)28)14-24(35)30-15-17-10-12-18(29)13-11-17/h2-13,22H,14-16H2,1H3,(H,30,35)(H,31,36)/t22-/m1/s1. The van der Waals surface area contributed by atoms with Crippen LogP contribution in [0.1, 0.15) is 17.5 Å². The molecule has 0 bridgehead atoms. The fourth-order valence-corrected chi connectivity index (χ4v) is 4.95. The van der Waals surface area contributed by atoms with E-state index in [0.29, 0.717) is 33.7 Å². The molecule has 0 unspecified atom stereocenters. The molecule has 5 rings (SSSR count). The molecule has 3 aromatic carbocycles. The van der Waals surface area contributed by atoms with Crippen LogP contribution in [0.5, 0.6) is 5.75 Å². The van der Waals surface area contributed by atoms with Crippen molar-refractivity contribution in [3.05, 3.63) is 89.7 Å². The van der Waals surface area contributed by atoms with E-state index < -0.39 is 11.9 Å². The molecule has 0 radical (unpaired) electrons. The molecule has 1 atom stereocenters. The number of amidine groups is 2. The zero-order valence-electron chi connectivity index (χ0n) is 20.9. The first kappa shape index (κ1) is 26.1. The Labute approximate surface area is 228 Å². The summed E-state index contributed by atoms with van der Waals surface area (Å²) in [5.74, 6) is -0.502. The third kappa shape index (κ3) is 5.83. The van der Waals surface area contributed by atoms with Gasteiger partial charge in [-0.05, 0) is 42.0 Å². The minimum absolute atomic E-state index is 0.0149. The van der Waals surface area contributed by atoms with Gasteiger partial charge in [0.25, 0.3) is 5.91 Å². The number of carbonyl (C=O) groups excluding carboxylic acids is 3. The van der Waals surface area contributed by atoms with Crippen molar-refractivity contribution in [2.24, 2.45) is 9.98 Å². The van der Waals surface area contributed by atoms with Crippen LogP contribution in [0.25, 0.3) is 0 Å². The summed E-state index contributed by atoms with van der Waals surface area (Å²) in [6.07, 6.45) is -0.158. The Morgan fingerprint density at radius 2 is 1.77 bits per heavy atom. The van der Waals surface area contributed by atoms with Crippen LogP contribution >= 0.6 is 11.8 Å². The van der Waals surface area contributed by atoms with Gasteiger partial charge in [-0.1, -0.05) is 48.2 Å². The maximum absolute atomic E-state index is 13.4. The van der Waals surface area contributed by atoms with Crippen LogP contribution in [-0.4, -0.2) is 52.5 Å². The number of fused-ring (bicyclic) bond motifs is 3. The highest BCUT2D eigenvalue weighted by atomic mass is 32.2.